The van der Waals surface area contributed by atoms with Gasteiger partial charge in [0.15, 0.2) is 5.16 Å². The van der Waals surface area contributed by atoms with E-state index in [1.807, 2.05) is 6.26 Å². The quantitative estimate of drug-likeness (QED) is 0.421. The summed E-state index contributed by atoms with van der Waals surface area (Å²) in [6.45, 7) is 5.56. The topological polar surface area (TPSA) is 97.2 Å². The van der Waals surface area contributed by atoms with Gasteiger partial charge in [0.25, 0.3) is 5.91 Å². The molecule has 0 saturated heterocycles. The number of rotatable bonds is 10. The maximum absolute atomic E-state index is 12.5. The second kappa shape index (κ2) is 10.6. The van der Waals surface area contributed by atoms with Gasteiger partial charge in [-0.25, -0.2) is 12.7 Å². The second-order valence-electron chi connectivity index (χ2n) is 7.40. The molecule has 1 aromatic carbocycles. The number of carbonyl (C=O) groups is 1. The SMILES string of the molecule is CSc1nnc(CCCNC(=O)c2ccc(Cl)c(S(=O)(=O)N(C)C)c2)n1CC(C)C. The van der Waals surface area contributed by atoms with Gasteiger partial charge in [-0.15, -0.1) is 10.2 Å². The fourth-order valence-corrected chi connectivity index (χ4v) is 4.71. The van der Waals surface area contributed by atoms with Gasteiger partial charge in [-0.2, -0.15) is 0 Å². The molecule has 0 saturated carbocycles. The van der Waals surface area contributed by atoms with Gasteiger partial charge in [0.2, 0.25) is 10.0 Å². The lowest BCUT2D eigenvalue weighted by Crippen LogP contribution is -2.26. The number of thioether (sulfide) groups is 1. The van der Waals surface area contributed by atoms with Crippen molar-refractivity contribution in [1.29, 1.82) is 0 Å². The number of benzene rings is 1. The van der Waals surface area contributed by atoms with E-state index in [9.17, 15) is 13.2 Å². The molecule has 1 N–H and O–H groups in total. The highest BCUT2D eigenvalue weighted by molar-refractivity contribution is 7.98. The molecule has 11 heteroatoms. The highest BCUT2D eigenvalue weighted by Gasteiger charge is 2.22. The zero-order valence-corrected chi connectivity index (χ0v) is 20.2. The van der Waals surface area contributed by atoms with Crippen LogP contribution in [0.25, 0.3) is 0 Å². The van der Waals surface area contributed by atoms with E-state index in [1.54, 1.807) is 11.8 Å². The molecule has 0 unspecified atom stereocenters. The summed E-state index contributed by atoms with van der Waals surface area (Å²) in [5, 5.41) is 12.3. The Labute approximate surface area is 187 Å². The van der Waals surface area contributed by atoms with Crippen LogP contribution in [0.5, 0.6) is 0 Å². The molecule has 30 heavy (non-hydrogen) atoms. The maximum Gasteiger partial charge on any atom is 0.251 e. The fourth-order valence-electron chi connectivity index (χ4n) is 2.79. The lowest BCUT2D eigenvalue weighted by Gasteiger charge is -2.14. The summed E-state index contributed by atoms with van der Waals surface area (Å²) >= 11 is 7.60. The lowest BCUT2D eigenvalue weighted by atomic mass is 10.2. The average molecular weight is 474 g/mol. The first-order valence-corrected chi connectivity index (χ1v) is 12.6. The molecule has 2 aromatic rings. The standard InChI is InChI=1S/C19H28ClN5O3S2/c1-13(2)12-25-17(22-23-19(25)29-5)7-6-10-21-18(26)14-8-9-15(20)16(11-14)30(27,28)24(3)4/h8-9,11,13H,6-7,10,12H2,1-5H3,(H,21,26). The highest BCUT2D eigenvalue weighted by atomic mass is 35.5. The number of aromatic nitrogens is 3. The molecule has 0 aliphatic heterocycles. The first-order valence-electron chi connectivity index (χ1n) is 9.54. The number of sulfonamides is 1. The number of aryl methyl sites for hydroxylation is 1. The van der Waals surface area contributed by atoms with E-state index < -0.39 is 10.0 Å². The van der Waals surface area contributed by atoms with Crippen LogP contribution in [0.1, 0.15) is 36.5 Å². The molecule has 166 valence electrons. The van der Waals surface area contributed by atoms with E-state index >= 15 is 0 Å². The van der Waals surface area contributed by atoms with Crippen molar-refractivity contribution in [3.8, 4) is 0 Å². The predicted octanol–water partition coefficient (Wildman–Crippen LogP) is 2.92. The third-order valence-electron chi connectivity index (χ3n) is 4.34. The van der Waals surface area contributed by atoms with E-state index in [0.717, 1.165) is 21.8 Å². The smallest absolute Gasteiger partial charge is 0.251 e. The Bertz CT molecular complexity index is 990. The number of amides is 1. The first kappa shape index (κ1) is 24.6. The molecule has 0 bridgehead atoms. The van der Waals surface area contributed by atoms with Crippen molar-refractivity contribution in [1.82, 2.24) is 24.4 Å². The zero-order chi connectivity index (χ0) is 22.5. The lowest BCUT2D eigenvalue weighted by molar-refractivity contribution is 0.0953. The Morgan fingerprint density at radius 2 is 2.00 bits per heavy atom. The van der Waals surface area contributed by atoms with Crippen molar-refractivity contribution in [2.24, 2.45) is 5.92 Å². The largest absolute Gasteiger partial charge is 0.352 e. The minimum absolute atomic E-state index is 0.0781. The fraction of sp³-hybridized carbons (Fsp3) is 0.526. The van der Waals surface area contributed by atoms with Crippen molar-refractivity contribution in [2.45, 2.75) is 43.3 Å². The summed E-state index contributed by atoms with van der Waals surface area (Å²) in [6.07, 6.45) is 3.34. The van der Waals surface area contributed by atoms with Crippen molar-refractivity contribution < 1.29 is 13.2 Å². The summed E-state index contributed by atoms with van der Waals surface area (Å²) in [7, 11) is -0.907. The third-order valence-corrected chi connectivity index (χ3v) is 7.30. The number of hydrogen-bond acceptors (Lipinski definition) is 6. The summed E-state index contributed by atoms with van der Waals surface area (Å²) in [5.74, 6) is 1.02. The number of nitrogens with one attached hydrogen (secondary N) is 1. The van der Waals surface area contributed by atoms with Crippen LogP contribution < -0.4 is 5.32 Å². The Balaban J connectivity index is 2.00. The minimum atomic E-state index is -3.74. The van der Waals surface area contributed by atoms with Crippen LogP contribution >= 0.6 is 23.4 Å². The number of carbonyl (C=O) groups excluding carboxylic acids is 1. The molecule has 0 atom stereocenters. The van der Waals surface area contributed by atoms with Crippen molar-refractivity contribution in [2.75, 3.05) is 26.9 Å². The zero-order valence-electron chi connectivity index (χ0n) is 17.8. The van der Waals surface area contributed by atoms with Crippen LogP contribution in [0.4, 0.5) is 0 Å². The molecule has 0 radical (unpaired) electrons. The van der Waals surface area contributed by atoms with E-state index in [4.69, 9.17) is 11.6 Å². The Morgan fingerprint density at radius 3 is 2.60 bits per heavy atom. The number of nitrogens with zero attached hydrogens (tertiary/aromatic N) is 4. The van der Waals surface area contributed by atoms with Crippen LogP contribution in [0.3, 0.4) is 0 Å². The van der Waals surface area contributed by atoms with Gasteiger partial charge < -0.3 is 9.88 Å². The summed E-state index contributed by atoms with van der Waals surface area (Å²) in [4.78, 5) is 12.4. The van der Waals surface area contributed by atoms with Crippen molar-refractivity contribution in [3.05, 3.63) is 34.6 Å². The van der Waals surface area contributed by atoms with Crippen LogP contribution in [0.2, 0.25) is 5.02 Å². The molecule has 0 aliphatic carbocycles. The Hall–Kier alpha value is -1.62. The molecule has 1 heterocycles. The molecule has 1 amide bonds. The van der Waals surface area contributed by atoms with Gasteiger partial charge >= 0.3 is 0 Å². The average Bonchev–Trinajstić information content (AvgIpc) is 3.06. The maximum atomic E-state index is 12.5. The van der Waals surface area contributed by atoms with Gasteiger partial charge in [0, 0.05) is 39.2 Å². The van der Waals surface area contributed by atoms with E-state index in [1.165, 1.54) is 32.3 Å². The Morgan fingerprint density at radius 1 is 1.30 bits per heavy atom. The van der Waals surface area contributed by atoms with E-state index in [2.05, 4.69) is 33.9 Å². The molecular weight excluding hydrogens is 446 g/mol. The molecular formula is C19H28ClN5O3S2. The van der Waals surface area contributed by atoms with Crippen LogP contribution in [0, 0.1) is 5.92 Å². The number of hydrogen-bond donors (Lipinski definition) is 1. The molecule has 1 aromatic heterocycles. The second-order valence-corrected chi connectivity index (χ2v) is 10.7. The van der Waals surface area contributed by atoms with Gasteiger partial charge in [-0.3, -0.25) is 4.79 Å². The minimum Gasteiger partial charge on any atom is -0.352 e. The van der Waals surface area contributed by atoms with E-state index in [-0.39, 0.29) is 21.4 Å². The molecule has 0 aliphatic rings. The van der Waals surface area contributed by atoms with Crippen LogP contribution in [0.15, 0.2) is 28.3 Å². The number of halogens is 1. The predicted molar refractivity (Wildman–Crippen MR) is 120 cm³/mol. The Kier molecular flexibility index (Phi) is 8.72. The first-order chi connectivity index (χ1) is 14.1. The molecule has 0 spiro atoms. The normalized spacial score (nSPS) is 12.0. The van der Waals surface area contributed by atoms with Gasteiger partial charge in [-0.05, 0) is 36.8 Å². The third kappa shape index (κ3) is 5.96. The van der Waals surface area contributed by atoms with Crippen LogP contribution in [-0.2, 0) is 23.0 Å². The van der Waals surface area contributed by atoms with Crippen molar-refractivity contribution in [3.63, 3.8) is 0 Å². The summed E-state index contributed by atoms with van der Waals surface area (Å²) in [5.41, 5.74) is 0.243. The van der Waals surface area contributed by atoms with Crippen LogP contribution in [-0.4, -0.2) is 60.3 Å². The highest BCUT2D eigenvalue weighted by Crippen LogP contribution is 2.24. The summed E-state index contributed by atoms with van der Waals surface area (Å²) in [6, 6.07) is 4.23. The molecule has 8 nitrogen and oxygen atoms in total. The van der Waals surface area contributed by atoms with Crippen molar-refractivity contribution >= 4 is 39.3 Å². The van der Waals surface area contributed by atoms with E-state index in [0.29, 0.717) is 25.3 Å². The van der Waals surface area contributed by atoms with Gasteiger partial charge in [0.05, 0.1) is 5.02 Å². The van der Waals surface area contributed by atoms with Gasteiger partial charge in [0.1, 0.15) is 10.7 Å². The van der Waals surface area contributed by atoms with Gasteiger partial charge in [-0.1, -0.05) is 37.2 Å². The molecule has 0 fully saturated rings. The molecule has 2 rings (SSSR count). The summed E-state index contributed by atoms with van der Waals surface area (Å²) < 4.78 is 27.9. The monoisotopic (exact) mass is 473 g/mol.